The van der Waals surface area contributed by atoms with E-state index in [9.17, 15) is 9.59 Å². The molecule has 2 amide bonds. The van der Waals surface area contributed by atoms with Crippen LogP contribution in [0.1, 0.15) is 36.0 Å². The quantitative estimate of drug-likeness (QED) is 0.730. The number of piperidine rings is 1. The highest BCUT2D eigenvalue weighted by atomic mass is 16.5. The first-order valence-corrected chi connectivity index (χ1v) is 10.1. The maximum absolute atomic E-state index is 13.5. The van der Waals surface area contributed by atoms with Crippen molar-refractivity contribution < 1.29 is 14.3 Å². The Kier molecular flexibility index (Phi) is 5.38. The zero-order chi connectivity index (χ0) is 20.4. The van der Waals surface area contributed by atoms with Gasteiger partial charge in [0.1, 0.15) is 11.4 Å². The number of amides is 2. The van der Waals surface area contributed by atoms with E-state index < -0.39 is 0 Å². The first-order chi connectivity index (χ1) is 14.1. The first kappa shape index (κ1) is 19.2. The van der Waals surface area contributed by atoms with Crippen molar-refractivity contribution >= 4 is 17.4 Å². The smallest absolute Gasteiger partial charge is 0.278 e. The molecule has 5 heteroatoms. The number of ether oxygens (including phenoxy) is 1. The zero-order valence-electron chi connectivity index (χ0n) is 17.0. The lowest BCUT2D eigenvalue weighted by atomic mass is 10.0. The average Bonchev–Trinajstić information content (AvgIpc) is 3.00. The molecule has 2 aliphatic heterocycles. The molecule has 2 aromatic rings. The lowest BCUT2D eigenvalue weighted by Crippen LogP contribution is -2.36. The van der Waals surface area contributed by atoms with E-state index in [1.807, 2.05) is 55.5 Å². The Labute approximate surface area is 171 Å². The minimum atomic E-state index is -0.249. The Balaban J connectivity index is 1.76. The molecule has 0 N–H and O–H groups in total. The largest absolute Gasteiger partial charge is 0.496 e. The van der Waals surface area contributed by atoms with Gasteiger partial charge in [-0.3, -0.25) is 14.5 Å². The van der Waals surface area contributed by atoms with Crippen molar-refractivity contribution in [3.05, 3.63) is 70.9 Å². The van der Waals surface area contributed by atoms with Crippen LogP contribution in [0.4, 0.5) is 0 Å². The summed E-state index contributed by atoms with van der Waals surface area (Å²) >= 11 is 0. The minimum absolute atomic E-state index is 0.210. The minimum Gasteiger partial charge on any atom is -0.496 e. The molecule has 2 heterocycles. The van der Waals surface area contributed by atoms with Crippen LogP contribution in [0.2, 0.25) is 0 Å². The molecule has 0 spiro atoms. The van der Waals surface area contributed by atoms with Gasteiger partial charge in [-0.25, -0.2) is 0 Å². The molecule has 0 radical (unpaired) electrons. The van der Waals surface area contributed by atoms with Gasteiger partial charge in [0.05, 0.1) is 19.2 Å². The van der Waals surface area contributed by atoms with Gasteiger partial charge in [0.25, 0.3) is 11.8 Å². The van der Waals surface area contributed by atoms with Gasteiger partial charge in [-0.2, -0.15) is 0 Å². The molecule has 29 heavy (non-hydrogen) atoms. The number of rotatable bonds is 5. The van der Waals surface area contributed by atoms with Crippen LogP contribution in [-0.4, -0.2) is 41.8 Å². The second-order valence-corrected chi connectivity index (χ2v) is 7.65. The predicted octanol–water partition coefficient (Wildman–Crippen LogP) is 3.77. The molecule has 0 bridgehead atoms. The van der Waals surface area contributed by atoms with Crippen molar-refractivity contribution in [1.82, 2.24) is 9.80 Å². The van der Waals surface area contributed by atoms with E-state index in [4.69, 9.17) is 4.74 Å². The maximum Gasteiger partial charge on any atom is 0.278 e. The van der Waals surface area contributed by atoms with Crippen LogP contribution in [0.3, 0.4) is 0 Å². The summed E-state index contributed by atoms with van der Waals surface area (Å²) < 4.78 is 5.51. The number of hydrogen-bond acceptors (Lipinski definition) is 4. The molecule has 5 nitrogen and oxygen atoms in total. The van der Waals surface area contributed by atoms with E-state index in [0.29, 0.717) is 22.6 Å². The molecule has 0 aliphatic carbocycles. The van der Waals surface area contributed by atoms with Crippen LogP contribution < -0.4 is 4.74 Å². The van der Waals surface area contributed by atoms with Gasteiger partial charge in [0.2, 0.25) is 0 Å². The number of methoxy groups -OCH3 is 1. The fourth-order valence-electron chi connectivity index (χ4n) is 4.09. The molecule has 2 aromatic carbocycles. The van der Waals surface area contributed by atoms with E-state index in [2.05, 4.69) is 4.90 Å². The summed E-state index contributed by atoms with van der Waals surface area (Å²) in [5.74, 6) is 0.148. The molecule has 150 valence electrons. The summed E-state index contributed by atoms with van der Waals surface area (Å²) in [6.45, 7) is 3.89. The number of likely N-dealkylation sites (tertiary alicyclic amines) is 1. The third kappa shape index (κ3) is 3.65. The number of imide groups is 1. The van der Waals surface area contributed by atoms with E-state index in [1.165, 1.54) is 4.90 Å². The van der Waals surface area contributed by atoms with Crippen LogP contribution in [0.15, 0.2) is 54.2 Å². The SMILES string of the molecule is COc1ccccc1C1=C(N2CCCCC2)C(=O)N(Cc2ccc(C)cc2)C1=O. The molecule has 2 aliphatic rings. The summed E-state index contributed by atoms with van der Waals surface area (Å²) in [5.41, 5.74) is 3.75. The number of nitrogens with zero attached hydrogens (tertiary/aromatic N) is 2. The molecule has 1 saturated heterocycles. The van der Waals surface area contributed by atoms with Crippen molar-refractivity contribution in [1.29, 1.82) is 0 Å². The number of carbonyl (C=O) groups is 2. The standard InChI is InChI=1S/C24H26N2O3/c1-17-10-12-18(13-11-17)16-26-23(27)21(19-8-4-5-9-20(19)29-2)22(24(26)28)25-14-6-3-7-15-25/h4-5,8-13H,3,6-7,14-16H2,1-2H3. The zero-order valence-corrected chi connectivity index (χ0v) is 17.0. The van der Waals surface area contributed by atoms with Crippen LogP contribution in [0.25, 0.3) is 5.57 Å². The average molecular weight is 390 g/mol. The maximum atomic E-state index is 13.5. The molecule has 4 rings (SSSR count). The topological polar surface area (TPSA) is 49.9 Å². The van der Waals surface area contributed by atoms with Gasteiger partial charge in [-0.15, -0.1) is 0 Å². The number of para-hydroxylation sites is 1. The number of carbonyl (C=O) groups excluding carboxylic acids is 2. The summed E-state index contributed by atoms with van der Waals surface area (Å²) in [7, 11) is 1.59. The van der Waals surface area contributed by atoms with Gasteiger partial charge in [-0.1, -0.05) is 48.0 Å². The number of benzene rings is 2. The van der Waals surface area contributed by atoms with Gasteiger partial charge in [0, 0.05) is 18.7 Å². The summed E-state index contributed by atoms with van der Waals surface area (Å²) in [6, 6.07) is 15.4. The Morgan fingerprint density at radius 3 is 2.28 bits per heavy atom. The second-order valence-electron chi connectivity index (χ2n) is 7.65. The van der Waals surface area contributed by atoms with Crippen LogP contribution in [0.5, 0.6) is 5.75 Å². The summed E-state index contributed by atoms with van der Waals surface area (Å²) in [5, 5.41) is 0. The Morgan fingerprint density at radius 1 is 0.897 bits per heavy atom. The summed E-state index contributed by atoms with van der Waals surface area (Å²) in [6.07, 6.45) is 3.22. The third-order valence-corrected chi connectivity index (χ3v) is 5.65. The second kappa shape index (κ2) is 8.11. The molecular weight excluding hydrogens is 364 g/mol. The molecule has 0 unspecified atom stereocenters. The molecular formula is C24H26N2O3. The van der Waals surface area contributed by atoms with Crippen molar-refractivity contribution in [3.8, 4) is 5.75 Å². The third-order valence-electron chi connectivity index (χ3n) is 5.65. The summed E-state index contributed by atoms with van der Waals surface area (Å²) in [4.78, 5) is 30.4. The highest BCUT2D eigenvalue weighted by Gasteiger charge is 2.42. The lowest BCUT2D eigenvalue weighted by molar-refractivity contribution is -0.138. The highest BCUT2D eigenvalue weighted by Crippen LogP contribution is 2.37. The van der Waals surface area contributed by atoms with Gasteiger partial charge in [0.15, 0.2) is 0 Å². The molecule has 0 atom stereocenters. The van der Waals surface area contributed by atoms with Gasteiger partial charge in [-0.05, 0) is 37.8 Å². The van der Waals surface area contributed by atoms with E-state index in [1.54, 1.807) is 7.11 Å². The van der Waals surface area contributed by atoms with Crippen LogP contribution >= 0.6 is 0 Å². The normalized spacial score (nSPS) is 17.3. The number of aryl methyl sites for hydroxylation is 1. The molecule has 0 aromatic heterocycles. The van der Waals surface area contributed by atoms with Crippen LogP contribution in [0, 0.1) is 6.92 Å². The monoisotopic (exact) mass is 390 g/mol. The van der Waals surface area contributed by atoms with E-state index in [0.717, 1.165) is 43.5 Å². The first-order valence-electron chi connectivity index (χ1n) is 10.1. The predicted molar refractivity (Wildman–Crippen MR) is 112 cm³/mol. The Hall–Kier alpha value is -3.08. The van der Waals surface area contributed by atoms with Crippen LogP contribution in [-0.2, 0) is 16.1 Å². The van der Waals surface area contributed by atoms with Crippen molar-refractivity contribution in [2.24, 2.45) is 0 Å². The van der Waals surface area contributed by atoms with Gasteiger partial charge < -0.3 is 9.64 Å². The molecule has 0 saturated carbocycles. The lowest BCUT2D eigenvalue weighted by Gasteiger charge is -2.29. The van der Waals surface area contributed by atoms with E-state index >= 15 is 0 Å². The van der Waals surface area contributed by atoms with Crippen molar-refractivity contribution in [2.45, 2.75) is 32.7 Å². The van der Waals surface area contributed by atoms with Crippen molar-refractivity contribution in [2.75, 3.05) is 20.2 Å². The van der Waals surface area contributed by atoms with E-state index in [-0.39, 0.29) is 18.4 Å². The molecule has 1 fully saturated rings. The van der Waals surface area contributed by atoms with Crippen molar-refractivity contribution in [3.63, 3.8) is 0 Å². The Morgan fingerprint density at radius 2 is 1.59 bits per heavy atom. The fraction of sp³-hybridized carbons (Fsp3) is 0.333. The van der Waals surface area contributed by atoms with Gasteiger partial charge >= 0.3 is 0 Å². The Bertz CT molecular complexity index is 956. The fourth-order valence-corrected chi connectivity index (χ4v) is 4.09. The number of hydrogen-bond donors (Lipinski definition) is 0. The highest BCUT2D eigenvalue weighted by molar-refractivity contribution is 6.35.